The van der Waals surface area contributed by atoms with E-state index < -0.39 is 6.17 Å². The third-order valence-electron chi connectivity index (χ3n) is 1.65. The Morgan fingerprint density at radius 2 is 1.89 bits per heavy atom. The number of halogens is 3. The van der Waals surface area contributed by atoms with E-state index in [1.165, 1.54) is 0 Å². The van der Waals surface area contributed by atoms with Gasteiger partial charge in [0, 0.05) is 4.83 Å². The topological polar surface area (TPSA) is 0 Å². The summed E-state index contributed by atoms with van der Waals surface area (Å²) in [6.07, 6.45) is 2.18. The molecule has 0 bridgehead atoms. The minimum absolute atomic E-state index is 0.0336. The highest BCUT2D eigenvalue weighted by Gasteiger charge is 2.29. The first-order valence-electron chi connectivity index (χ1n) is 3.14. The normalized spacial score (nSPS) is 45.0. The molecular formula is C6H9Br2F. The van der Waals surface area contributed by atoms with E-state index in [1.807, 2.05) is 0 Å². The Hall–Kier alpha value is 0.890. The van der Waals surface area contributed by atoms with Crippen molar-refractivity contribution in [2.24, 2.45) is 0 Å². The molecule has 0 heterocycles. The van der Waals surface area contributed by atoms with Gasteiger partial charge in [-0.25, -0.2) is 4.39 Å². The third-order valence-corrected chi connectivity index (χ3v) is 4.60. The summed E-state index contributed by atoms with van der Waals surface area (Å²) in [6, 6.07) is 0. The molecule has 0 N–H and O–H groups in total. The van der Waals surface area contributed by atoms with Crippen LogP contribution in [-0.4, -0.2) is 15.8 Å². The molecule has 9 heavy (non-hydrogen) atoms. The summed E-state index contributed by atoms with van der Waals surface area (Å²) >= 11 is 6.70. The van der Waals surface area contributed by atoms with Crippen LogP contribution in [0.3, 0.4) is 0 Å². The molecule has 1 aliphatic rings. The fourth-order valence-corrected chi connectivity index (χ4v) is 2.24. The molecule has 0 nitrogen and oxygen atoms in total. The largest absolute Gasteiger partial charge is 0.246 e. The van der Waals surface area contributed by atoms with E-state index in [0.29, 0.717) is 4.83 Å². The standard InChI is InChI=1S/C6H9Br2F/c7-4-2-1-3-5(9)6(4)8/h4-6H,1-3H2. The summed E-state index contributed by atoms with van der Waals surface area (Å²) in [5.74, 6) is 0. The molecule has 1 rings (SSSR count). The maximum absolute atomic E-state index is 12.8. The van der Waals surface area contributed by atoms with Crippen molar-refractivity contribution in [3.8, 4) is 0 Å². The van der Waals surface area contributed by atoms with E-state index in [2.05, 4.69) is 31.9 Å². The molecule has 54 valence electrons. The molecular weight excluding hydrogens is 251 g/mol. The van der Waals surface area contributed by atoms with Gasteiger partial charge >= 0.3 is 0 Å². The van der Waals surface area contributed by atoms with Crippen LogP contribution in [-0.2, 0) is 0 Å². The van der Waals surface area contributed by atoms with Gasteiger partial charge in [0.2, 0.25) is 0 Å². The summed E-state index contributed by atoms with van der Waals surface area (Å²) < 4.78 is 12.8. The van der Waals surface area contributed by atoms with Crippen LogP contribution in [0.5, 0.6) is 0 Å². The third kappa shape index (κ3) is 1.90. The van der Waals surface area contributed by atoms with Crippen molar-refractivity contribution >= 4 is 31.9 Å². The van der Waals surface area contributed by atoms with Crippen molar-refractivity contribution in [3.63, 3.8) is 0 Å². The lowest BCUT2D eigenvalue weighted by Crippen LogP contribution is -2.29. The SMILES string of the molecule is FC1CCCC(Br)C1Br. The predicted molar refractivity (Wildman–Crippen MR) is 44.2 cm³/mol. The Morgan fingerprint density at radius 3 is 2.33 bits per heavy atom. The molecule has 0 saturated heterocycles. The second-order valence-electron chi connectivity index (χ2n) is 2.41. The average molecular weight is 260 g/mol. The Balaban J connectivity index is 2.41. The van der Waals surface area contributed by atoms with Crippen LogP contribution in [0.1, 0.15) is 19.3 Å². The summed E-state index contributed by atoms with van der Waals surface area (Å²) in [5, 5.41) is 0. The van der Waals surface area contributed by atoms with Gasteiger partial charge in [0.15, 0.2) is 0 Å². The molecule has 0 aromatic rings. The quantitative estimate of drug-likeness (QED) is 0.587. The van der Waals surface area contributed by atoms with Crippen LogP contribution >= 0.6 is 31.9 Å². The summed E-state index contributed by atoms with van der Waals surface area (Å²) in [4.78, 5) is 0.368. The monoisotopic (exact) mass is 258 g/mol. The molecule has 0 amide bonds. The van der Waals surface area contributed by atoms with Gasteiger partial charge in [0.05, 0.1) is 4.83 Å². The molecule has 3 heteroatoms. The zero-order chi connectivity index (χ0) is 6.85. The van der Waals surface area contributed by atoms with E-state index in [9.17, 15) is 4.39 Å². The smallest absolute Gasteiger partial charge is 0.114 e. The highest BCUT2D eigenvalue weighted by atomic mass is 79.9. The lowest BCUT2D eigenvalue weighted by atomic mass is 9.99. The zero-order valence-electron chi connectivity index (χ0n) is 4.99. The van der Waals surface area contributed by atoms with Gasteiger partial charge in [-0.15, -0.1) is 0 Å². The van der Waals surface area contributed by atoms with Gasteiger partial charge in [-0.1, -0.05) is 31.9 Å². The Bertz CT molecular complexity index is 87.1. The van der Waals surface area contributed by atoms with E-state index in [0.717, 1.165) is 19.3 Å². The van der Waals surface area contributed by atoms with Crippen molar-refractivity contribution in [2.75, 3.05) is 0 Å². The van der Waals surface area contributed by atoms with E-state index in [1.54, 1.807) is 0 Å². The maximum Gasteiger partial charge on any atom is 0.114 e. The molecule has 1 saturated carbocycles. The number of alkyl halides is 3. The van der Waals surface area contributed by atoms with Crippen molar-refractivity contribution in [2.45, 2.75) is 35.1 Å². The lowest BCUT2D eigenvalue weighted by molar-refractivity contribution is 0.269. The molecule has 3 atom stereocenters. The van der Waals surface area contributed by atoms with Crippen molar-refractivity contribution in [1.82, 2.24) is 0 Å². The first-order valence-corrected chi connectivity index (χ1v) is 4.97. The highest BCUT2D eigenvalue weighted by Crippen LogP contribution is 2.31. The van der Waals surface area contributed by atoms with Gasteiger partial charge in [0.25, 0.3) is 0 Å². The molecule has 0 aliphatic heterocycles. The van der Waals surface area contributed by atoms with Gasteiger partial charge < -0.3 is 0 Å². The van der Waals surface area contributed by atoms with Crippen LogP contribution in [0.25, 0.3) is 0 Å². The minimum Gasteiger partial charge on any atom is -0.246 e. The van der Waals surface area contributed by atoms with Crippen LogP contribution in [0.2, 0.25) is 0 Å². The Labute approximate surface area is 71.5 Å². The Morgan fingerprint density at radius 1 is 1.22 bits per heavy atom. The Kier molecular flexibility index (Phi) is 2.96. The van der Waals surface area contributed by atoms with Crippen molar-refractivity contribution in [1.29, 1.82) is 0 Å². The summed E-state index contributed by atoms with van der Waals surface area (Å²) in [5.41, 5.74) is 0. The van der Waals surface area contributed by atoms with E-state index in [4.69, 9.17) is 0 Å². The maximum atomic E-state index is 12.8. The van der Waals surface area contributed by atoms with Gasteiger partial charge in [0.1, 0.15) is 6.17 Å². The summed E-state index contributed by atoms with van der Waals surface area (Å²) in [7, 11) is 0. The molecule has 0 radical (unpaired) electrons. The zero-order valence-corrected chi connectivity index (χ0v) is 8.16. The number of hydrogen-bond acceptors (Lipinski definition) is 0. The average Bonchev–Trinajstić information content (AvgIpc) is 1.83. The second-order valence-corrected chi connectivity index (χ2v) is 4.64. The molecule has 1 aliphatic carbocycles. The van der Waals surface area contributed by atoms with Crippen LogP contribution < -0.4 is 0 Å². The summed E-state index contributed by atoms with van der Waals surface area (Å²) in [6.45, 7) is 0. The molecule has 3 unspecified atom stereocenters. The highest BCUT2D eigenvalue weighted by molar-refractivity contribution is 9.12. The molecule has 0 aromatic heterocycles. The van der Waals surface area contributed by atoms with Crippen molar-refractivity contribution in [3.05, 3.63) is 0 Å². The van der Waals surface area contributed by atoms with Gasteiger partial charge in [-0.2, -0.15) is 0 Å². The fourth-order valence-electron chi connectivity index (χ4n) is 1.05. The number of rotatable bonds is 0. The first-order chi connectivity index (χ1) is 4.22. The van der Waals surface area contributed by atoms with Crippen LogP contribution in [0.4, 0.5) is 4.39 Å². The van der Waals surface area contributed by atoms with Crippen molar-refractivity contribution < 1.29 is 4.39 Å². The van der Waals surface area contributed by atoms with Gasteiger partial charge in [-0.3, -0.25) is 0 Å². The minimum atomic E-state index is -0.650. The van der Waals surface area contributed by atoms with E-state index >= 15 is 0 Å². The molecule has 1 fully saturated rings. The van der Waals surface area contributed by atoms with E-state index in [-0.39, 0.29) is 4.83 Å². The fraction of sp³-hybridized carbons (Fsp3) is 1.00. The first kappa shape index (κ1) is 7.99. The predicted octanol–water partition coefficient (Wildman–Crippen LogP) is 3.04. The van der Waals surface area contributed by atoms with Crippen LogP contribution in [0.15, 0.2) is 0 Å². The number of hydrogen-bond donors (Lipinski definition) is 0. The molecule has 0 aromatic carbocycles. The molecule has 0 spiro atoms. The van der Waals surface area contributed by atoms with Crippen LogP contribution in [0, 0.1) is 0 Å². The van der Waals surface area contributed by atoms with Gasteiger partial charge in [-0.05, 0) is 19.3 Å². The second kappa shape index (κ2) is 3.33. The lowest BCUT2D eigenvalue weighted by Gasteiger charge is -2.25.